The van der Waals surface area contributed by atoms with Crippen molar-refractivity contribution in [2.45, 2.75) is 9.79 Å². The van der Waals surface area contributed by atoms with Gasteiger partial charge < -0.3 is 19.7 Å². The van der Waals surface area contributed by atoms with Crippen molar-refractivity contribution in [3.63, 3.8) is 0 Å². The number of phenolic OH excluding ortho intramolecular Hbond substituents is 2. The van der Waals surface area contributed by atoms with Gasteiger partial charge in [-0.1, -0.05) is 0 Å². The minimum Gasteiger partial charge on any atom is -0.507 e. The zero-order valence-corrected chi connectivity index (χ0v) is 15.9. The summed E-state index contributed by atoms with van der Waals surface area (Å²) in [5.41, 5.74) is -1.40. The van der Waals surface area contributed by atoms with Gasteiger partial charge >= 0.3 is 10.1 Å². The highest BCUT2D eigenvalue weighted by molar-refractivity contribution is 7.86. The highest BCUT2D eigenvalue weighted by Crippen LogP contribution is 2.38. The van der Waals surface area contributed by atoms with E-state index in [2.05, 4.69) is 0 Å². The Balaban J connectivity index is 2.78. The Morgan fingerprint density at radius 1 is 0.857 bits per heavy atom. The van der Waals surface area contributed by atoms with Crippen molar-refractivity contribution in [3.8, 4) is 23.0 Å². The quantitative estimate of drug-likeness (QED) is 0.373. The topological polar surface area (TPSA) is 185 Å². The van der Waals surface area contributed by atoms with E-state index in [-0.39, 0.29) is 0 Å². The Bertz CT molecular complexity index is 1160. The molecule has 0 aliphatic rings. The molecule has 0 spiro atoms. The summed E-state index contributed by atoms with van der Waals surface area (Å²) in [7, 11) is -7.76. The van der Waals surface area contributed by atoms with E-state index in [1.165, 1.54) is 0 Å². The third kappa shape index (κ3) is 3.87. The molecule has 0 saturated carbocycles. The van der Waals surface area contributed by atoms with E-state index < -0.39 is 69.9 Å². The number of hydrogen-bond donors (Lipinski definition) is 4. The summed E-state index contributed by atoms with van der Waals surface area (Å²) in [5, 5.41) is 20.2. The Morgan fingerprint density at radius 3 is 1.89 bits per heavy atom. The molecule has 28 heavy (non-hydrogen) atoms. The van der Waals surface area contributed by atoms with E-state index in [0.29, 0.717) is 6.07 Å². The number of rotatable bonds is 6. The van der Waals surface area contributed by atoms with Crippen LogP contribution in [0.2, 0.25) is 0 Å². The van der Waals surface area contributed by atoms with Gasteiger partial charge in [0, 0.05) is 6.07 Å². The minimum absolute atomic E-state index is 0.464. The molecular formula is C15H14O11S2. The highest BCUT2D eigenvalue weighted by Gasteiger charge is 2.29. The molecule has 0 aliphatic heterocycles. The Kier molecular flexibility index (Phi) is 5.57. The second-order valence-corrected chi connectivity index (χ2v) is 8.04. The van der Waals surface area contributed by atoms with Gasteiger partial charge in [0.2, 0.25) is 5.78 Å². The van der Waals surface area contributed by atoms with Crippen LogP contribution in [0.25, 0.3) is 0 Å². The van der Waals surface area contributed by atoms with E-state index in [1.54, 1.807) is 0 Å². The SMILES string of the molecule is COc1cc(O)c(C(=O)c2ccc(OC)c(S(=O)(=O)O)c2O)cc1S(=O)(=O)O. The second kappa shape index (κ2) is 7.27. The number of carbonyl (C=O) groups excluding carboxylic acids is 1. The number of ether oxygens (including phenoxy) is 2. The molecule has 2 rings (SSSR count). The summed E-state index contributed by atoms with van der Waals surface area (Å²) >= 11 is 0. The summed E-state index contributed by atoms with van der Waals surface area (Å²) in [6.45, 7) is 0. The molecule has 13 heteroatoms. The van der Waals surface area contributed by atoms with E-state index in [1.807, 2.05) is 0 Å². The van der Waals surface area contributed by atoms with E-state index in [0.717, 1.165) is 32.4 Å². The fourth-order valence-corrected chi connectivity index (χ4v) is 3.81. The third-order valence-electron chi connectivity index (χ3n) is 3.62. The fourth-order valence-electron chi connectivity index (χ4n) is 2.38. The van der Waals surface area contributed by atoms with Crippen LogP contribution in [0.3, 0.4) is 0 Å². The standard InChI is InChI=1S/C15H14O11S2/c1-25-10-4-3-7(14(18)15(10)28(22,23)24)13(17)8-5-12(27(19,20)21)11(26-2)6-9(8)16/h3-6,16,18H,1-2H3,(H,19,20,21)(H,22,23,24). The summed E-state index contributed by atoms with van der Waals surface area (Å²) in [6, 6.07) is 3.21. The van der Waals surface area contributed by atoms with Crippen LogP contribution < -0.4 is 9.47 Å². The number of carbonyl (C=O) groups is 1. The summed E-state index contributed by atoms with van der Waals surface area (Å²) in [4.78, 5) is 10.7. The normalized spacial score (nSPS) is 11.9. The molecule has 0 amide bonds. The van der Waals surface area contributed by atoms with Gasteiger partial charge in [-0.15, -0.1) is 0 Å². The van der Waals surface area contributed by atoms with Crippen molar-refractivity contribution >= 4 is 26.0 Å². The number of hydrogen-bond acceptors (Lipinski definition) is 9. The van der Waals surface area contributed by atoms with Crippen LogP contribution in [0.4, 0.5) is 0 Å². The summed E-state index contributed by atoms with van der Waals surface area (Å²) < 4.78 is 73.9. The average molecular weight is 434 g/mol. The predicted octanol–water partition coefficient (Wildman–Crippen LogP) is 0.839. The van der Waals surface area contributed by atoms with Gasteiger partial charge in [0.25, 0.3) is 10.1 Å². The first-order valence-corrected chi connectivity index (χ1v) is 10.0. The van der Waals surface area contributed by atoms with Gasteiger partial charge in [-0.05, 0) is 18.2 Å². The van der Waals surface area contributed by atoms with Crippen molar-refractivity contribution in [2.24, 2.45) is 0 Å². The summed E-state index contributed by atoms with van der Waals surface area (Å²) in [5.74, 6) is -4.10. The van der Waals surface area contributed by atoms with E-state index in [4.69, 9.17) is 9.47 Å². The van der Waals surface area contributed by atoms with Gasteiger partial charge in [-0.3, -0.25) is 13.9 Å². The zero-order valence-electron chi connectivity index (χ0n) is 14.3. The molecular weight excluding hydrogens is 420 g/mol. The lowest BCUT2D eigenvalue weighted by Gasteiger charge is -2.13. The number of phenols is 2. The van der Waals surface area contributed by atoms with Crippen LogP contribution in [-0.2, 0) is 20.2 Å². The molecule has 0 atom stereocenters. The van der Waals surface area contributed by atoms with Crippen LogP contribution in [0.1, 0.15) is 15.9 Å². The molecule has 4 N–H and O–H groups in total. The molecule has 0 radical (unpaired) electrons. The number of ketones is 1. The first-order valence-electron chi connectivity index (χ1n) is 7.13. The highest BCUT2D eigenvalue weighted by atomic mass is 32.2. The largest absolute Gasteiger partial charge is 0.507 e. The fraction of sp³-hybridized carbons (Fsp3) is 0.133. The predicted molar refractivity (Wildman–Crippen MR) is 92.4 cm³/mol. The van der Waals surface area contributed by atoms with Crippen LogP contribution in [-0.4, -0.2) is 56.2 Å². The maximum absolute atomic E-state index is 12.7. The molecule has 0 heterocycles. The van der Waals surface area contributed by atoms with Crippen molar-refractivity contribution < 1.29 is 50.4 Å². The van der Waals surface area contributed by atoms with Crippen molar-refractivity contribution in [3.05, 3.63) is 35.4 Å². The second-order valence-electron chi connectivity index (χ2n) is 5.29. The Hall–Kier alpha value is -2.87. The van der Waals surface area contributed by atoms with Crippen molar-refractivity contribution in [1.82, 2.24) is 0 Å². The smallest absolute Gasteiger partial charge is 0.301 e. The van der Waals surface area contributed by atoms with Gasteiger partial charge in [0.1, 0.15) is 22.1 Å². The maximum Gasteiger partial charge on any atom is 0.301 e. The summed E-state index contributed by atoms with van der Waals surface area (Å²) in [6.07, 6.45) is 0. The first-order chi connectivity index (χ1) is 12.8. The monoisotopic (exact) mass is 434 g/mol. The molecule has 2 aromatic rings. The van der Waals surface area contributed by atoms with Gasteiger partial charge in [-0.2, -0.15) is 16.8 Å². The van der Waals surface area contributed by atoms with E-state index >= 15 is 0 Å². The zero-order chi connectivity index (χ0) is 21.4. The van der Waals surface area contributed by atoms with Crippen LogP contribution in [0, 0.1) is 0 Å². The number of methoxy groups -OCH3 is 2. The first kappa shape index (κ1) is 21.4. The Morgan fingerprint density at radius 2 is 1.43 bits per heavy atom. The van der Waals surface area contributed by atoms with Crippen LogP contribution >= 0.6 is 0 Å². The van der Waals surface area contributed by atoms with Gasteiger partial charge in [0.15, 0.2) is 10.6 Å². The molecule has 2 aromatic carbocycles. The Labute approximate surface area is 159 Å². The van der Waals surface area contributed by atoms with E-state index in [9.17, 15) is 40.9 Å². The van der Waals surface area contributed by atoms with Crippen LogP contribution in [0.5, 0.6) is 23.0 Å². The number of aromatic hydroxyl groups is 2. The number of benzene rings is 2. The average Bonchev–Trinajstić information content (AvgIpc) is 2.58. The third-order valence-corrected chi connectivity index (χ3v) is 5.41. The van der Waals surface area contributed by atoms with Gasteiger partial charge in [0.05, 0.1) is 25.3 Å². The molecule has 0 aromatic heterocycles. The molecule has 0 saturated heterocycles. The van der Waals surface area contributed by atoms with Crippen LogP contribution in [0.15, 0.2) is 34.1 Å². The molecule has 11 nitrogen and oxygen atoms in total. The maximum atomic E-state index is 12.7. The molecule has 0 bridgehead atoms. The molecule has 0 aliphatic carbocycles. The van der Waals surface area contributed by atoms with Gasteiger partial charge in [-0.25, -0.2) is 0 Å². The lowest BCUT2D eigenvalue weighted by Crippen LogP contribution is -2.09. The molecule has 0 fully saturated rings. The lowest BCUT2D eigenvalue weighted by atomic mass is 10.0. The van der Waals surface area contributed by atoms with Crippen molar-refractivity contribution in [2.75, 3.05) is 14.2 Å². The lowest BCUT2D eigenvalue weighted by molar-refractivity contribution is 0.103. The molecule has 0 unspecified atom stereocenters. The molecule has 152 valence electrons. The minimum atomic E-state index is -5.01. The van der Waals surface area contributed by atoms with Crippen molar-refractivity contribution in [1.29, 1.82) is 0 Å².